The standard InChI is InChI=1S/C11H15IN4S/c1-2-3-16-6-9(5-14-16)11(15-13)8-4-10(12)17-7-8/h4-7,11,15H,2-3,13H2,1H3. The fraction of sp³-hybridized carbons (Fsp3) is 0.364. The Morgan fingerprint density at radius 2 is 2.41 bits per heavy atom. The minimum atomic E-state index is 0.0281. The first kappa shape index (κ1) is 13.0. The zero-order valence-electron chi connectivity index (χ0n) is 9.56. The maximum atomic E-state index is 5.64. The second-order valence-electron chi connectivity index (χ2n) is 3.82. The summed E-state index contributed by atoms with van der Waals surface area (Å²) < 4.78 is 3.22. The summed E-state index contributed by atoms with van der Waals surface area (Å²) in [6.07, 6.45) is 5.02. The second-order valence-corrected chi connectivity index (χ2v) is 6.63. The van der Waals surface area contributed by atoms with Crippen LogP contribution in [0.3, 0.4) is 0 Å². The van der Waals surface area contributed by atoms with Crippen molar-refractivity contribution in [1.29, 1.82) is 0 Å². The van der Waals surface area contributed by atoms with Gasteiger partial charge in [0, 0.05) is 18.3 Å². The molecule has 6 heteroatoms. The van der Waals surface area contributed by atoms with Gasteiger partial charge in [-0.1, -0.05) is 6.92 Å². The topological polar surface area (TPSA) is 55.9 Å². The summed E-state index contributed by atoms with van der Waals surface area (Å²) >= 11 is 4.04. The molecule has 0 radical (unpaired) electrons. The van der Waals surface area contributed by atoms with Crippen LogP contribution in [-0.2, 0) is 6.54 Å². The predicted molar refractivity (Wildman–Crippen MR) is 78.7 cm³/mol. The number of hydrogen-bond acceptors (Lipinski definition) is 4. The summed E-state index contributed by atoms with van der Waals surface area (Å²) in [6, 6.07) is 2.17. The molecule has 1 unspecified atom stereocenters. The number of hydrazine groups is 1. The van der Waals surface area contributed by atoms with Gasteiger partial charge in [-0.05, 0) is 46.0 Å². The Labute approximate surface area is 118 Å². The predicted octanol–water partition coefficient (Wildman–Crippen LogP) is 2.51. The van der Waals surface area contributed by atoms with E-state index in [1.807, 2.05) is 10.9 Å². The Balaban J connectivity index is 2.22. The van der Waals surface area contributed by atoms with Gasteiger partial charge in [-0.3, -0.25) is 10.5 Å². The molecule has 3 N–H and O–H groups in total. The molecule has 2 heterocycles. The Bertz CT molecular complexity index is 479. The van der Waals surface area contributed by atoms with Crippen LogP contribution in [0.4, 0.5) is 0 Å². The highest BCUT2D eigenvalue weighted by molar-refractivity contribution is 14.1. The summed E-state index contributed by atoms with van der Waals surface area (Å²) in [5, 5.41) is 6.46. The van der Waals surface area contributed by atoms with Gasteiger partial charge in [-0.25, -0.2) is 5.43 Å². The van der Waals surface area contributed by atoms with Gasteiger partial charge in [-0.2, -0.15) is 5.10 Å². The molecular formula is C11H15IN4S. The third-order valence-corrected chi connectivity index (χ3v) is 4.33. The summed E-state index contributed by atoms with van der Waals surface area (Å²) in [6.45, 7) is 3.08. The van der Waals surface area contributed by atoms with Gasteiger partial charge in [0.25, 0.3) is 0 Å². The zero-order chi connectivity index (χ0) is 12.3. The molecule has 1 atom stereocenters. The van der Waals surface area contributed by atoms with Gasteiger partial charge in [0.15, 0.2) is 0 Å². The van der Waals surface area contributed by atoms with E-state index in [9.17, 15) is 0 Å². The van der Waals surface area contributed by atoms with Crippen LogP contribution in [0.15, 0.2) is 23.8 Å². The highest BCUT2D eigenvalue weighted by atomic mass is 127. The quantitative estimate of drug-likeness (QED) is 0.488. The van der Waals surface area contributed by atoms with Gasteiger partial charge in [0.05, 0.1) is 15.1 Å². The first-order valence-corrected chi connectivity index (χ1v) is 7.43. The zero-order valence-corrected chi connectivity index (χ0v) is 12.5. The fourth-order valence-electron chi connectivity index (χ4n) is 1.74. The highest BCUT2D eigenvalue weighted by Crippen LogP contribution is 2.26. The summed E-state index contributed by atoms with van der Waals surface area (Å²) in [5.41, 5.74) is 5.15. The Hall–Kier alpha value is -0.440. The number of aromatic nitrogens is 2. The van der Waals surface area contributed by atoms with Crippen molar-refractivity contribution in [3.05, 3.63) is 37.9 Å². The van der Waals surface area contributed by atoms with Crippen molar-refractivity contribution in [3.8, 4) is 0 Å². The molecule has 0 aliphatic heterocycles. The monoisotopic (exact) mass is 362 g/mol. The second kappa shape index (κ2) is 5.94. The van der Waals surface area contributed by atoms with Crippen LogP contribution < -0.4 is 11.3 Å². The van der Waals surface area contributed by atoms with Crippen LogP contribution in [0.2, 0.25) is 0 Å². The van der Waals surface area contributed by atoms with Gasteiger partial charge < -0.3 is 0 Å². The minimum Gasteiger partial charge on any atom is -0.272 e. The van der Waals surface area contributed by atoms with Crippen LogP contribution in [-0.4, -0.2) is 9.78 Å². The number of nitrogens with one attached hydrogen (secondary N) is 1. The van der Waals surface area contributed by atoms with Crippen LogP contribution in [0.25, 0.3) is 0 Å². The van der Waals surface area contributed by atoms with Crippen molar-refractivity contribution in [2.24, 2.45) is 5.84 Å². The van der Waals surface area contributed by atoms with Gasteiger partial charge >= 0.3 is 0 Å². The molecule has 0 bridgehead atoms. The number of thiophene rings is 1. The number of rotatable bonds is 5. The molecule has 0 aliphatic carbocycles. The smallest absolute Gasteiger partial charge is 0.0749 e. The first-order valence-electron chi connectivity index (χ1n) is 5.47. The van der Waals surface area contributed by atoms with Crippen LogP contribution in [0.5, 0.6) is 0 Å². The molecule has 2 aromatic rings. The third-order valence-electron chi connectivity index (χ3n) is 2.53. The maximum Gasteiger partial charge on any atom is 0.0749 e. The largest absolute Gasteiger partial charge is 0.272 e. The van der Waals surface area contributed by atoms with Crippen LogP contribution in [0.1, 0.15) is 30.5 Å². The van der Waals surface area contributed by atoms with Crippen LogP contribution >= 0.6 is 33.9 Å². The molecule has 2 rings (SSSR count). The summed E-state index contributed by atoms with van der Waals surface area (Å²) in [5.74, 6) is 5.64. The lowest BCUT2D eigenvalue weighted by Gasteiger charge is -2.12. The van der Waals surface area contributed by atoms with Crippen molar-refractivity contribution in [2.45, 2.75) is 25.9 Å². The van der Waals surface area contributed by atoms with E-state index < -0.39 is 0 Å². The van der Waals surface area contributed by atoms with Gasteiger partial charge in [-0.15, -0.1) is 11.3 Å². The average Bonchev–Trinajstić information content (AvgIpc) is 2.91. The van der Waals surface area contributed by atoms with E-state index >= 15 is 0 Å². The molecule has 0 saturated heterocycles. The minimum absolute atomic E-state index is 0.0281. The number of hydrogen-bond donors (Lipinski definition) is 2. The van der Waals surface area contributed by atoms with Gasteiger partial charge in [0.1, 0.15) is 0 Å². The number of halogens is 1. The first-order chi connectivity index (χ1) is 8.24. The fourth-order valence-corrected chi connectivity index (χ4v) is 3.14. The van der Waals surface area contributed by atoms with Crippen molar-refractivity contribution in [3.63, 3.8) is 0 Å². The van der Waals surface area contributed by atoms with E-state index in [0.29, 0.717) is 0 Å². The van der Waals surface area contributed by atoms with Crippen molar-refractivity contribution >= 4 is 33.9 Å². The molecule has 2 aromatic heterocycles. The highest BCUT2D eigenvalue weighted by Gasteiger charge is 2.15. The molecule has 4 nitrogen and oxygen atoms in total. The SMILES string of the molecule is CCCn1cc(C(NN)c2csc(I)c2)cn1. The van der Waals surface area contributed by atoms with E-state index in [2.05, 4.69) is 57.7 Å². The van der Waals surface area contributed by atoms with Crippen molar-refractivity contribution < 1.29 is 0 Å². The molecule has 0 saturated carbocycles. The molecule has 0 fully saturated rings. The van der Waals surface area contributed by atoms with E-state index in [1.165, 1.54) is 8.45 Å². The van der Waals surface area contributed by atoms with Crippen molar-refractivity contribution in [1.82, 2.24) is 15.2 Å². The molecule has 0 aliphatic rings. The van der Waals surface area contributed by atoms with E-state index in [4.69, 9.17) is 5.84 Å². The lowest BCUT2D eigenvalue weighted by atomic mass is 10.1. The average molecular weight is 362 g/mol. The summed E-state index contributed by atoms with van der Waals surface area (Å²) in [4.78, 5) is 0. The van der Waals surface area contributed by atoms with Crippen molar-refractivity contribution in [2.75, 3.05) is 0 Å². The summed E-state index contributed by atoms with van der Waals surface area (Å²) in [7, 11) is 0. The van der Waals surface area contributed by atoms with Gasteiger partial charge in [0.2, 0.25) is 0 Å². The molecule has 0 amide bonds. The molecule has 0 aromatic carbocycles. The number of nitrogens with zero attached hydrogens (tertiary/aromatic N) is 2. The molecular weight excluding hydrogens is 347 g/mol. The van der Waals surface area contributed by atoms with E-state index in [-0.39, 0.29) is 6.04 Å². The lowest BCUT2D eigenvalue weighted by molar-refractivity contribution is 0.598. The Morgan fingerprint density at radius 1 is 1.59 bits per heavy atom. The number of nitrogens with two attached hydrogens (primary N) is 1. The number of aryl methyl sites for hydroxylation is 1. The molecule has 0 spiro atoms. The Kier molecular flexibility index (Phi) is 4.55. The molecule has 92 valence electrons. The van der Waals surface area contributed by atoms with E-state index in [0.717, 1.165) is 18.5 Å². The molecule has 17 heavy (non-hydrogen) atoms. The maximum absolute atomic E-state index is 5.64. The van der Waals surface area contributed by atoms with E-state index in [1.54, 1.807) is 11.3 Å². The normalized spacial score (nSPS) is 12.9. The van der Waals surface area contributed by atoms with Crippen LogP contribution in [0, 0.1) is 2.88 Å². The third kappa shape index (κ3) is 3.06. The Morgan fingerprint density at radius 3 is 3.00 bits per heavy atom. The lowest BCUT2D eigenvalue weighted by Crippen LogP contribution is -2.28.